The Bertz CT molecular complexity index is 414. The van der Waals surface area contributed by atoms with E-state index in [1.807, 2.05) is 4.90 Å². The molecule has 92 valence electrons. The summed E-state index contributed by atoms with van der Waals surface area (Å²) in [6, 6.07) is 4.21. The largest absolute Gasteiger partial charge is 0.478 e. The zero-order chi connectivity index (χ0) is 12.3. The predicted molar refractivity (Wildman–Crippen MR) is 61.0 cm³/mol. The van der Waals surface area contributed by atoms with Crippen LogP contribution >= 0.6 is 0 Å². The summed E-state index contributed by atoms with van der Waals surface area (Å²) < 4.78 is 18.8. The van der Waals surface area contributed by atoms with E-state index in [0.29, 0.717) is 25.4 Å². The van der Waals surface area contributed by atoms with Gasteiger partial charge >= 0.3 is 5.97 Å². The van der Waals surface area contributed by atoms with Crippen LogP contribution < -0.4 is 4.90 Å². The number of benzene rings is 1. The molecule has 2 rings (SSSR count). The van der Waals surface area contributed by atoms with Crippen LogP contribution in [0.4, 0.5) is 10.1 Å². The fraction of sp³-hybridized carbons (Fsp3) is 0.417. The number of nitrogens with zero attached hydrogens (tertiary/aromatic N) is 1. The Labute approximate surface area is 98.6 Å². The topological polar surface area (TPSA) is 49.8 Å². The second kappa shape index (κ2) is 5.14. The second-order valence-corrected chi connectivity index (χ2v) is 3.92. The molecule has 1 N–H and O–H groups in total. The summed E-state index contributed by atoms with van der Waals surface area (Å²) in [5.74, 6) is -1.94. The number of hydrogen-bond acceptors (Lipinski definition) is 3. The van der Waals surface area contributed by atoms with Gasteiger partial charge in [0.15, 0.2) is 0 Å². The maximum absolute atomic E-state index is 13.5. The Hall–Kier alpha value is -1.62. The monoisotopic (exact) mass is 239 g/mol. The van der Waals surface area contributed by atoms with Crippen LogP contribution in [0.1, 0.15) is 16.8 Å². The number of aromatic carboxylic acids is 1. The highest BCUT2D eigenvalue weighted by Crippen LogP contribution is 2.20. The Morgan fingerprint density at radius 1 is 1.35 bits per heavy atom. The van der Waals surface area contributed by atoms with Gasteiger partial charge < -0.3 is 14.7 Å². The Balaban J connectivity index is 2.21. The third-order valence-electron chi connectivity index (χ3n) is 2.77. The van der Waals surface area contributed by atoms with Gasteiger partial charge in [-0.05, 0) is 24.6 Å². The number of carboxylic acid groups (broad SMARTS) is 1. The van der Waals surface area contributed by atoms with Crippen molar-refractivity contribution in [1.29, 1.82) is 0 Å². The molecule has 0 unspecified atom stereocenters. The van der Waals surface area contributed by atoms with Crippen LogP contribution in [-0.2, 0) is 4.74 Å². The first-order valence-corrected chi connectivity index (χ1v) is 5.54. The van der Waals surface area contributed by atoms with Crippen LogP contribution in [-0.4, -0.2) is 37.4 Å². The van der Waals surface area contributed by atoms with Crippen molar-refractivity contribution in [1.82, 2.24) is 0 Å². The van der Waals surface area contributed by atoms with Crippen molar-refractivity contribution in [2.75, 3.05) is 31.2 Å². The lowest BCUT2D eigenvalue weighted by atomic mass is 10.1. The van der Waals surface area contributed by atoms with E-state index in [1.54, 1.807) is 6.07 Å². The van der Waals surface area contributed by atoms with Crippen LogP contribution in [0.5, 0.6) is 0 Å². The third-order valence-corrected chi connectivity index (χ3v) is 2.77. The molecule has 0 radical (unpaired) electrons. The van der Waals surface area contributed by atoms with Gasteiger partial charge in [-0.15, -0.1) is 0 Å². The molecule has 0 amide bonds. The molecule has 1 aromatic rings. The van der Waals surface area contributed by atoms with Gasteiger partial charge in [0.2, 0.25) is 0 Å². The number of anilines is 1. The van der Waals surface area contributed by atoms with E-state index < -0.39 is 11.8 Å². The lowest BCUT2D eigenvalue weighted by Crippen LogP contribution is -2.26. The molecule has 5 heteroatoms. The van der Waals surface area contributed by atoms with E-state index in [-0.39, 0.29) is 5.56 Å². The molecule has 0 bridgehead atoms. The van der Waals surface area contributed by atoms with Crippen molar-refractivity contribution >= 4 is 11.7 Å². The molecule has 0 saturated carbocycles. The maximum atomic E-state index is 13.5. The summed E-state index contributed by atoms with van der Waals surface area (Å²) in [7, 11) is 0. The molecular formula is C12H14FNO3. The number of halogens is 1. The number of ether oxygens (including phenoxy) is 1. The van der Waals surface area contributed by atoms with Gasteiger partial charge in [0.05, 0.1) is 12.2 Å². The number of rotatable bonds is 2. The predicted octanol–water partition coefficient (Wildman–Crippen LogP) is 1.75. The van der Waals surface area contributed by atoms with Crippen LogP contribution in [0, 0.1) is 5.82 Å². The zero-order valence-electron chi connectivity index (χ0n) is 9.36. The van der Waals surface area contributed by atoms with Crippen LogP contribution in [0.3, 0.4) is 0 Å². The molecule has 4 nitrogen and oxygen atoms in total. The molecular weight excluding hydrogens is 225 g/mol. The molecule has 1 aromatic carbocycles. The van der Waals surface area contributed by atoms with Crippen molar-refractivity contribution in [2.45, 2.75) is 6.42 Å². The van der Waals surface area contributed by atoms with Crippen LogP contribution in [0.15, 0.2) is 18.2 Å². The van der Waals surface area contributed by atoms with Gasteiger partial charge in [-0.25, -0.2) is 9.18 Å². The smallest absolute Gasteiger partial charge is 0.338 e. The van der Waals surface area contributed by atoms with Crippen molar-refractivity contribution in [2.24, 2.45) is 0 Å². The van der Waals surface area contributed by atoms with Gasteiger partial charge in [0.25, 0.3) is 0 Å². The Kier molecular flexibility index (Phi) is 3.58. The minimum atomic E-state index is -1.24. The Morgan fingerprint density at radius 3 is 2.88 bits per heavy atom. The summed E-state index contributed by atoms with van der Waals surface area (Å²) in [5, 5.41) is 8.74. The van der Waals surface area contributed by atoms with E-state index in [9.17, 15) is 9.18 Å². The van der Waals surface area contributed by atoms with E-state index in [4.69, 9.17) is 9.84 Å². The standard InChI is InChI=1S/C12H14FNO3/c13-11-8-9(2-3-10(11)12(15)16)14-4-1-6-17-7-5-14/h2-3,8H,1,4-7H2,(H,15,16). The summed E-state index contributed by atoms with van der Waals surface area (Å²) in [6.07, 6.45) is 0.891. The maximum Gasteiger partial charge on any atom is 0.338 e. The first kappa shape index (κ1) is 11.9. The SMILES string of the molecule is O=C(O)c1ccc(N2CCCOCC2)cc1F. The highest BCUT2D eigenvalue weighted by molar-refractivity contribution is 5.88. The van der Waals surface area contributed by atoms with Gasteiger partial charge in [-0.3, -0.25) is 0 Å². The molecule has 0 aliphatic carbocycles. The molecule has 1 fully saturated rings. The van der Waals surface area contributed by atoms with Gasteiger partial charge in [-0.1, -0.05) is 0 Å². The molecule has 0 aromatic heterocycles. The zero-order valence-corrected chi connectivity index (χ0v) is 9.36. The minimum absolute atomic E-state index is 0.292. The van der Waals surface area contributed by atoms with Crippen molar-refractivity contribution in [3.8, 4) is 0 Å². The van der Waals surface area contributed by atoms with E-state index in [1.165, 1.54) is 12.1 Å². The number of carboxylic acids is 1. The number of carbonyl (C=O) groups is 1. The third kappa shape index (κ3) is 2.74. The van der Waals surface area contributed by atoms with Gasteiger partial charge in [0.1, 0.15) is 5.82 Å². The Morgan fingerprint density at radius 2 is 2.18 bits per heavy atom. The average molecular weight is 239 g/mol. The summed E-state index contributed by atoms with van der Waals surface area (Å²) in [4.78, 5) is 12.7. The van der Waals surface area contributed by atoms with Gasteiger partial charge in [0, 0.05) is 25.4 Å². The molecule has 1 aliphatic rings. The van der Waals surface area contributed by atoms with Crippen molar-refractivity contribution < 1.29 is 19.0 Å². The fourth-order valence-corrected chi connectivity index (χ4v) is 1.88. The van der Waals surface area contributed by atoms with Crippen LogP contribution in [0.25, 0.3) is 0 Å². The van der Waals surface area contributed by atoms with Gasteiger partial charge in [-0.2, -0.15) is 0 Å². The first-order chi connectivity index (χ1) is 8.18. The van der Waals surface area contributed by atoms with Crippen molar-refractivity contribution in [3.05, 3.63) is 29.6 Å². The first-order valence-electron chi connectivity index (χ1n) is 5.54. The van der Waals surface area contributed by atoms with E-state index >= 15 is 0 Å². The molecule has 17 heavy (non-hydrogen) atoms. The molecule has 1 saturated heterocycles. The van der Waals surface area contributed by atoms with Crippen molar-refractivity contribution in [3.63, 3.8) is 0 Å². The summed E-state index contributed by atoms with van der Waals surface area (Å²) in [6.45, 7) is 2.83. The van der Waals surface area contributed by atoms with E-state index in [0.717, 1.165) is 13.0 Å². The summed E-state index contributed by atoms with van der Waals surface area (Å²) >= 11 is 0. The lowest BCUT2D eigenvalue weighted by Gasteiger charge is -2.22. The second-order valence-electron chi connectivity index (χ2n) is 3.92. The fourth-order valence-electron chi connectivity index (χ4n) is 1.88. The molecule has 1 aliphatic heterocycles. The minimum Gasteiger partial charge on any atom is -0.478 e. The normalized spacial score (nSPS) is 16.6. The average Bonchev–Trinajstić information content (AvgIpc) is 2.56. The number of hydrogen-bond donors (Lipinski definition) is 1. The molecule has 1 heterocycles. The van der Waals surface area contributed by atoms with E-state index in [2.05, 4.69) is 0 Å². The quantitative estimate of drug-likeness (QED) is 0.854. The lowest BCUT2D eigenvalue weighted by molar-refractivity contribution is 0.0692. The molecule has 0 atom stereocenters. The van der Waals surface area contributed by atoms with Crippen LogP contribution in [0.2, 0.25) is 0 Å². The molecule has 0 spiro atoms. The highest BCUT2D eigenvalue weighted by Gasteiger charge is 2.14. The summed E-state index contributed by atoms with van der Waals surface area (Å²) in [5.41, 5.74) is 0.415. The highest BCUT2D eigenvalue weighted by atomic mass is 19.1.